The molecule has 1 aromatic heterocycles. The number of amides is 3. The molecule has 7 heteroatoms. The first-order valence-corrected chi connectivity index (χ1v) is 8.44. The minimum atomic E-state index is -0.122. The second-order valence-electron chi connectivity index (χ2n) is 6.37. The van der Waals surface area contributed by atoms with Crippen LogP contribution in [0, 0.1) is 0 Å². The highest BCUT2D eigenvalue weighted by molar-refractivity contribution is 5.91. The Balaban J connectivity index is 1.53. The molecule has 1 aromatic carbocycles. The second kappa shape index (κ2) is 7.86. The highest BCUT2D eigenvalue weighted by atomic mass is 16.5. The van der Waals surface area contributed by atoms with Crippen molar-refractivity contribution in [2.24, 2.45) is 0 Å². The van der Waals surface area contributed by atoms with Gasteiger partial charge >= 0.3 is 6.03 Å². The fraction of sp³-hybridized carbons (Fsp3) is 0.316. The summed E-state index contributed by atoms with van der Waals surface area (Å²) in [5.41, 5.74) is 0.949. The highest BCUT2D eigenvalue weighted by Gasteiger charge is 2.28. The topological polar surface area (TPSA) is 74.8 Å². The molecule has 7 nitrogen and oxygen atoms in total. The Morgan fingerprint density at radius 1 is 1.15 bits per heavy atom. The molecule has 1 aliphatic heterocycles. The average molecular weight is 354 g/mol. The molecule has 3 amide bonds. The monoisotopic (exact) mass is 354 g/mol. The van der Waals surface area contributed by atoms with Crippen LogP contribution in [0.1, 0.15) is 5.56 Å². The van der Waals surface area contributed by atoms with Gasteiger partial charge in [0, 0.05) is 14.1 Å². The molecule has 3 rings (SSSR count). The fourth-order valence-electron chi connectivity index (χ4n) is 2.88. The number of likely N-dealkylation sites (N-methyl/N-ethyl adjacent to an activating group) is 2. The standard InChI is InChI=1S/C19H22N4O3/c1-22-12-16(13-23(2)19(22)25)26-15-8-9-17(20-11-15)21-18(24)10-14-6-4-3-5-7-14/h3-9,11,16H,10,12-13H2,1-2H3,(H,20,21,24). The summed E-state index contributed by atoms with van der Waals surface area (Å²) in [5.74, 6) is 0.963. The molecule has 1 N–H and O–H groups in total. The van der Waals surface area contributed by atoms with Crippen LogP contribution in [0.25, 0.3) is 0 Å². The van der Waals surface area contributed by atoms with Crippen molar-refractivity contribution < 1.29 is 14.3 Å². The summed E-state index contributed by atoms with van der Waals surface area (Å²) in [7, 11) is 3.50. The number of aromatic nitrogens is 1. The van der Waals surface area contributed by atoms with E-state index < -0.39 is 0 Å². The van der Waals surface area contributed by atoms with E-state index in [2.05, 4.69) is 10.3 Å². The summed E-state index contributed by atoms with van der Waals surface area (Å²) in [6.45, 7) is 1.05. The summed E-state index contributed by atoms with van der Waals surface area (Å²) in [6.07, 6.45) is 1.76. The maximum absolute atomic E-state index is 12.1. The van der Waals surface area contributed by atoms with Gasteiger partial charge in [0.1, 0.15) is 17.7 Å². The third-order valence-corrected chi connectivity index (χ3v) is 4.12. The van der Waals surface area contributed by atoms with Crippen LogP contribution in [0.4, 0.5) is 10.6 Å². The van der Waals surface area contributed by atoms with E-state index in [9.17, 15) is 9.59 Å². The number of hydrogen-bond acceptors (Lipinski definition) is 4. The van der Waals surface area contributed by atoms with Crippen LogP contribution in [0.2, 0.25) is 0 Å². The molecule has 0 unspecified atom stereocenters. The summed E-state index contributed by atoms with van der Waals surface area (Å²) < 4.78 is 5.89. The lowest BCUT2D eigenvalue weighted by molar-refractivity contribution is -0.115. The van der Waals surface area contributed by atoms with Gasteiger partial charge in [-0.3, -0.25) is 4.79 Å². The van der Waals surface area contributed by atoms with Crippen LogP contribution in [-0.4, -0.2) is 60.0 Å². The number of urea groups is 1. The Hall–Kier alpha value is -3.09. The quantitative estimate of drug-likeness (QED) is 0.891. The van der Waals surface area contributed by atoms with Gasteiger partial charge in [-0.15, -0.1) is 0 Å². The molecule has 0 aliphatic carbocycles. The minimum Gasteiger partial charge on any atom is -0.485 e. The van der Waals surface area contributed by atoms with Gasteiger partial charge in [0.15, 0.2) is 0 Å². The summed E-state index contributed by atoms with van der Waals surface area (Å²) in [6, 6.07) is 13.0. The third-order valence-electron chi connectivity index (χ3n) is 4.12. The van der Waals surface area contributed by atoms with Gasteiger partial charge in [-0.05, 0) is 17.7 Å². The van der Waals surface area contributed by atoms with Gasteiger partial charge in [-0.25, -0.2) is 9.78 Å². The Kier molecular flexibility index (Phi) is 5.36. The molecule has 1 fully saturated rings. The molecule has 1 aliphatic rings. The zero-order valence-electron chi connectivity index (χ0n) is 14.9. The van der Waals surface area contributed by atoms with Crippen molar-refractivity contribution in [3.8, 4) is 5.75 Å². The number of anilines is 1. The van der Waals surface area contributed by atoms with E-state index in [0.717, 1.165) is 5.56 Å². The van der Waals surface area contributed by atoms with Gasteiger partial charge in [-0.1, -0.05) is 30.3 Å². The van der Waals surface area contributed by atoms with E-state index in [4.69, 9.17) is 4.74 Å². The van der Waals surface area contributed by atoms with E-state index in [1.165, 1.54) is 0 Å². The SMILES string of the molecule is CN1CC(Oc2ccc(NC(=O)Cc3ccccc3)nc2)CN(C)C1=O. The normalized spacial score (nSPS) is 15.1. The maximum atomic E-state index is 12.1. The number of pyridine rings is 1. The predicted molar refractivity (Wildman–Crippen MR) is 98.1 cm³/mol. The number of nitrogens with one attached hydrogen (secondary N) is 1. The highest BCUT2D eigenvalue weighted by Crippen LogP contribution is 2.17. The van der Waals surface area contributed by atoms with E-state index in [-0.39, 0.29) is 18.0 Å². The number of carbonyl (C=O) groups is 2. The first-order valence-electron chi connectivity index (χ1n) is 8.44. The van der Waals surface area contributed by atoms with Crippen molar-refractivity contribution in [1.29, 1.82) is 0 Å². The van der Waals surface area contributed by atoms with E-state index in [1.54, 1.807) is 42.2 Å². The first-order chi connectivity index (χ1) is 12.5. The smallest absolute Gasteiger partial charge is 0.319 e. The van der Waals surface area contributed by atoms with Crippen LogP contribution in [0.5, 0.6) is 5.75 Å². The molecular weight excluding hydrogens is 332 g/mol. The Labute approximate surface area is 152 Å². The summed E-state index contributed by atoms with van der Waals surface area (Å²) in [5, 5.41) is 2.77. The number of ether oxygens (including phenoxy) is 1. The van der Waals surface area contributed by atoms with Crippen LogP contribution in [0.3, 0.4) is 0 Å². The molecule has 2 aromatic rings. The van der Waals surface area contributed by atoms with E-state index >= 15 is 0 Å². The largest absolute Gasteiger partial charge is 0.485 e. The van der Waals surface area contributed by atoms with E-state index in [1.807, 2.05) is 30.3 Å². The zero-order chi connectivity index (χ0) is 18.5. The number of hydrogen-bond donors (Lipinski definition) is 1. The maximum Gasteiger partial charge on any atom is 0.319 e. The lowest BCUT2D eigenvalue weighted by Gasteiger charge is -2.36. The van der Waals surface area contributed by atoms with Gasteiger partial charge in [0.05, 0.1) is 25.7 Å². The van der Waals surface area contributed by atoms with Gasteiger partial charge in [0.25, 0.3) is 0 Å². The van der Waals surface area contributed by atoms with E-state index in [0.29, 0.717) is 31.1 Å². The Bertz CT molecular complexity index is 750. The summed E-state index contributed by atoms with van der Waals surface area (Å²) >= 11 is 0. The number of carbonyl (C=O) groups excluding carboxylic acids is 2. The van der Waals surface area contributed by atoms with Crippen molar-refractivity contribution in [2.45, 2.75) is 12.5 Å². The second-order valence-corrected chi connectivity index (χ2v) is 6.37. The lowest BCUT2D eigenvalue weighted by Crippen LogP contribution is -2.54. The van der Waals surface area contributed by atoms with Crippen LogP contribution < -0.4 is 10.1 Å². The van der Waals surface area contributed by atoms with Gasteiger partial charge in [0.2, 0.25) is 5.91 Å². The predicted octanol–water partition coefficient (Wildman–Crippen LogP) is 2.01. The van der Waals surface area contributed by atoms with Crippen molar-refractivity contribution in [3.63, 3.8) is 0 Å². The van der Waals surface area contributed by atoms with Crippen LogP contribution in [0.15, 0.2) is 48.7 Å². The molecule has 0 saturated carbocycles. The average Bonchev–Trinajstić information content (AvgIpc) is 2.62. The third kappa shape index (κ3) is 4.50. The lowest BCUT2D eigenvalue weighted by atomic mass is 10.1. The molecule has 0 spiro atoms. The van der Waals surface area contributed by atoms with Crippen molar-refractivity contribution in [2.75, 3.05) is 32.5 Å². The number of benzene rings is 1. The molecule has 0 bridgehead atoms. The van der Waals surface area contributed by atoms with Crippen molar-refractivity contribution in [1.82, 2.24) is 14.8 Å². The Morgan fingerprint density at radius 3 is 2.46 bits per heavy atom. The molecule has 0 radical (unpaired) electrons. The zero-order valence-corrected chi connectivity index (χ0v) is 14.9. The summed E-state index contributed by atoms with van der Waals surface area (Å²) in [4.78, 5) is 31.3. The molecule has 0 atom stereocenters. The van der Waals surface area contributed by atoms with Crippen LogP contribution >= 0.6 is 0 Å². The Morgan fingerprint density at radius 2 is 1.85 bits per heavy atom. The van der Waals surface area contributed by atoms with Crippen molar-refractivity contribution >= 4 is 17.8 Å². The fourth-order valence-corrected chi connectivity index (χ4v) is 2.88. The first kappa shape index (κ1) is 17.7. The van der Waals surface area contributed by atoms with Gasteiger partial charge < -0.3 is 19.9 Å². The number of rotatable bonds is 5. The van der Waals surface area contributed by atoms with Crippen LogP contribution in [-0.2, 0) is 11.2 Å². The number of nitrogens with zero attached hydrogens (tertiary/aromatic N) is 3. The molecule has 1 saturated heterocycles. The minimum absolute atomic E-state index is 0.0144. The van der Waals surface area contributed by atoms with Gasteiger partial charge in [-0.2, -0.15) is 0 Å². The molecule has 26 heavy (non-hydrogen) atoms. The molecule has 136 valence electrons. The van der Waals surface area contributed by atoms with Crippen molar-refractivity contribution in [3.05, 3.63) is 54.2 Å². The molecule has 2 heterocycles. The molecular formula is C19H22N4O3.